The van der Waals surface area contributed by atoms with Crippen LogP contribution in [0.15, 0.2) is 40.8 Å². The highest BCUT2D eigenvalue weighted by Gasteiger charge is 2.22. The van der Waals surface area contributed by atoms with E-state index in [1.54, 1.807) is 25.1 Å². The molecule has 0 bridgehead atoms. The minimum absolute atomic E-state index is 0.00345. The lowest BCUT2D eigenvalue weighted by Crippen LogP contribution is -2.40. The first kappa shape index (κ1) is 17.5. The Morgan fingerprint density at radius 3 is 2.74 bits per heavy atom. The first-order valence-electron chi connectivity index (χ1n) is 7.39. The van der Waals surface area contributed by atoms with Crippen LogP contribution < -0.4 is 5.32 Å². The Balaban J connectivity index is 2.00. The molecule has 3 N–H and O–H groups in total. The van der Waals surface area contributed by atoms with Crippen molar-refractivity contribution in [3.63, 3.8) is 0 Å². The summed E-state index contributed by atoms with van der Waals surface area (Å²) in [6.07, 6.45) is 0.868. The third-order valence-electron chi connectivity index (χ3n) is 3.47. The van der Waals surface area contributed by atoms with Crippen molar-refractivity contribution in [1.29, 1.82) is 0 Å². The van der Waals surface area contributed by atoms with Gasteiger partial charge >= 0.3 is 0 Å². The van der Waals surface area contributed by atoms with Crippen molar-refractivity contribution < 1.29 is 19.4 Å². The van der Waals surface area contributed by atoms with Crippen LogP contribution in [0.1, 0.15) is 30.3 Å². The summed E-state index contributed by atoms with van der Waals surface area (Å²) >= 11 is 6.10. The monoisotopic (exact) mass is 337 g/mol. The van der Waals surface area contributed by atoms with E-state index in [2.05, 4.69) is 5.32 Å². The number of carbonyl (C=O) groups is 1. The maximum absolute atomic E-state index is 12.1. The number of amides is 1. The maximum atomic E-state index is 12.1. The molecule has 1 amide bonds. The van der Waals surface area contributed by atoms with E-state index < -0.39 is 11.5 Å². The van der Waals surface area contributed by atoms with Gasteiger partial charge < -0.3 is 19.9 Å². The molecule has 0 radical (unpaired) electrons. The lowest BCUT2D eigenvalue weighted by Gasteiger charge is -2.22. The van der Waals surface area contributed by atoms with Gasteiger partial charge in [0.15, 0.2) is 5.76 Å². The van der Waals surface area contributed by atoms with Crippen LogP contribution in [0, 0.1) is 0 Å². The minimum atomic E-state index is -1.07. The van der Waals surface area contributed by atoms with Crippen molar-refractivity contribution >= 4 is 17.5 Å². The van der Waals surface area contributed by atoms with E-state index in [-0.39, 0.29) is 18.9 Å². The number of hydrogen-bond acceptors (Lipinski definition) is 4. The fraction of sp³-hybridized carbons (Fsp3) is 0.353. The fourth-order valence-corrected chi connectivity index (χ4v) is 2.40. The van der Waals surface area contributed by atoms with Crippen molar-refractivity contribution in [3.05, 3.63) is 47.2 Å². The molecular weight excluding hydrogens is 318 g/mol. The van der Waals surface area contributed by atoms with Crippen molar-refractivity contribution in [3.8, 4) is 11.3 Å². The normalized spacial score (nSPS) is 13.6. The number of benzene rings is 1. The van der Waals surface area contributed by atoms with Gasteiger partial charge in [0.2, 0.25) is 0 Å². The highest BCUT2D eigenvalue weighted by Crippen LogP contribution is 2.29. The molecule has 1 aromatic carbocycles. The minimum Gasteiger partial charge on any atom is -0.451 e. The zero-order chi connectivity index (χ0) is 16.9. The number of nitrogens with one attached hydrogen (secondary N) is 1. The number of hydrogen-bond donors (Lipinski definition) is 3. The molecule has 23 heavy (non-hydrogen) atoms. The number of aliphatic hydroxyl groups excluding tert-OH is 1. The summed E-state index contributed by atoms with van der Waals surface area (Å²) in [5.74, 6) is 0.248. The number of aliphatic hydroxyl groups is 2. The highest BCUT2D eigenvalue weighted by atomic mass is 35.5. The second-order valence-electron chi connectivity index (χ2n) is 5.65. The van der Waals surface area contributed by atoms with E-state index in [4.69, 9.17) is 21.1 Å². The van der Waals surface area contributed by atoms with Crippen LogP contribution >= 0.6 is 11.6 Å². The van der Waals surface area contributed by atoms with Crippen LogP contribution in [0.25, 0.3) is 11.3 Å². The molecular formula is C17H20ClNO4. The Morgan fingerprint density at radius 1 is 1.30 bits per heavy atom. The molecule has 0 saturated heterocycles. The van der Waals surface area contributed by atoms with E-state index in [0.717, 1.165) is 0 Å². The molecule has 0 fully saturated rings. The van der Waals surface area contributed by atoms with Crippen molar-refractivity contribution in [2.24, 2.45) is 0 Å². The van der Waals surface area contributed by atoms with Crippen molar-refractivity contribution in [1.82, 2.24) is 5.32 Å². The van der Waals surface area contributed by atoms with Gasteiger partial charge in [0.1, 0.15) is 5.76 Å². The third kappa shape index (κ3) is 4.82. The smallest absolute Gasteiger partial charge is 0.287 e. The van der Waals surface area contributed by atoms with E-state index in [1.165, 1.54) is 0 Å². The summed E-state index contributed by atoms with van der Waals surface area (Å²) in [6.45, 7) is 1.69. The molecule has 5 nitrogen and oxygen atoms in total. The molecule has 2 rings (SSSR count). The second-order valence-corrected chi connectivity index (χ2v) is 6.06. The summed E-state index contributed by atoms with van der Waals surface area (Å²) in [6, 6.07) is 10.5. The topological polar surface area (TPSA) is 82.7 Å². The molecule has 0 aliphatic heterocycles. The average Bonchev–Trinajstić information content (AvgIpc) is 3.01. The van der Waals surface area contributed by atoms with Crippen LogP contribution in [0.2, 0.25) is 5.02 Å². The largest absolute Gasteiger partial charge is 0.451 e. The Hall–Kier alpha value is -1.82. The van der Waals surface area contributed by atoms with Crippen molar-refractivity contribution in [2.45, 2.75) is 25.4 Å². The second kappa shape index (κ2) is 7.64. The first-order valence-corrected chi connectivity index (χ1v) is 7.77. The predicted octanol–water partition coefficient (Wildman–Crippen LogP) is 2.85. The molecule has 0 aliphatic carbocycles. The standard InChI is InChI=1S/C17H20ClNO4/c1-17(22,9-4-10-20)11-19-16(21)15-8-7-14(23-15)12-5-2-3-6-13(12)18/h2-3,5-8,20,22H,4,9-11H2,1H3,(H,19,21). The Morgan fingerprint density at radius 2 is 2.04 bits per heavy atom. The van der Waals surface area contributed by atoms with Gasteiger partial charge in [-0.2, -0.15) is 0 Å². The molecule has 1 aromatic heterocycles. The van der Waals surface area contributed by atoms with Gasteiger partial charge in [-0.25, -0.2) is 0 Å². The van der Waals surface area contributed by atoms with E-state index in [0.29, 0.717) is 29.2 Å². The summed E-state index contributed by atoms with van der Waals surface area (Å²) in [4.78, 5) is 12.1. The van der Waals surface area contributed by atoms with Gasteiger partial charge in [-0.05, 0) is 44.0 Å². The molecule has 6 heteroatoms. The molecule has 1 heterocycles. The lowest BCUT2D eigenvalue weighted by atomic mass is 10.0. The summed E-state index contributed by atoms with van der Waals surface area (Å²) < 4.78 is 5.54. The van der Waals surface area contributed by atoms with Crippen LogP contribution in [-0.4, -0.2) is 34.9 Å². The van der Waals surface area contributed by atoms with Crippen molar-refractivity contribution in [2.75, 3.05) is 13.2 Å². The Labute approximate surface area is 139 Å². The maximum Gasteiger partial charge on any atom is 0.287 e. The third-order valence-corrected chi connectivity index (χ3v) is 3.80. The van der Waals surface area contributed by atoms with E-state index in [9.17, 15) is 9.90 Å². The molecule has 2 aromatic rings. The summed E-state index contributed by atoms with van der Waals surface area (Å²) in [7, 11) is 0. The highest BCUT2D eigenvalue weighted by molar-refractivity contribution is 6.33. The number of carbonyl (C=O) groups excluding carboxylic acids is 1. The zero-order valence-electron chi connectivity index (χ0n) is 12.9. The van der Waals surface area contributed by atoms with Gasteiger partial charge in [0.25, 0.3) is 5.91 Å². The number of furan rings is 1. The molecule has 0 saturated carbocycles. The number of rotatable bonds is 7. The van der Waals surface area contributed by atoms with Gasteiger partial charge in [-0.1, -0.05) is 23.7 Å². The van der Waals surface area contributed by atoms with Gasteiger partial charge in [0.05, 0.1) is 10.6 Å². The lowest BCUT2D eigenvalue weighted by molar-refractivity contribution is 0.0410. The van der Waals surface area contributed by atoms with Crippen LogP contribution in [0.3, 0.4) is 0 Å². The molecule has 1 unspecified atom stereocenters. The molecule has 0 aliphatic rings. The van der Waals surface area contributed by atoms with E-state index >= 15 is 0 Å². The number of halogens is 1. The van der Waals surface area contributed by atoms with E-state index in [1.807, 2.05) is 18.2 Å². The first-order chi connectivity index (χ1) is 10.9. The van der Waals surface area contributed by atoms with Gasteiger partial charge in [0, 0.05) is 18.7 Å². The van der Waals surface area contributed by atoms with Gasteiger partial charge in [-0.3, -0.25) is 4.79 Å². The predicted molar refractivity (Wildman–Crippen MR) is 88.4 cm³/mol. The molecule has 0 spiro atoms. The van der Waals surface area contributed by atoms with Crippen LogP contribution in [0.5, 0.6) is 0 Å². The molecule has 124 valence electrons. The average molecular weight is 338 g/mol. The SMILES string of the molecule is CC(O)(CCCO)CNC(=O)c1ccc(-c2ccccc2Cl)o1. The summed E-state index contributed by atoms with van der Waals surface area (Å²) in [5, 5.41) is 22.1. The Bertz CT molecular complexity index is 666. The quantitative estimate of drug-likeness (QED) is 0.725. The molecule has 1 atom stereocenters. The Kier molecular flexibility index (Phi) is 5.82. The fourth-order valence-electron chi connectivity index (χ4n) is 2.17. The van der Waals surface area contributed by atoms with Crippen LogP contribution in [-0.2, 0) is 0 Å². The van der Waals surface area contributed by atoms with Gasteiger partial charge in [-0.15, -0.1) is 0 Å². The van der Waals surface area contributed by atoms with Crippen LogP contribution in [0.4, 0.5) is 0 Å². The zero-order valence-corrected chi connectivity index (χ0v) is 13.6. The summed E-state index contributed by atoms with van der Waals surface area (Å²) in [5.41, 5.74) is -0.362.